The molecule has 1 heterocycles. The first-order chi connectivity index (χ1) is 18.6. The lowest BCUT2D eigenvalue weighted by molar-refractivity contribution is -0.177. The minimum Gasteiger partial charge on any atom is -0.505 e. The predicted molar refractivity (Wildman–Crippen MR) is 139 cm³/mol. The molecule has 2 aromatic rings. The van der Waals surface area contributed by atoms with Crippen LogP contribution in [0.3, 0.4) is 0 Å². The van der Waals surface area contributed by atoms with Crippen molar-refractivity contribution < 1.29 is 43.3 Å². The standard InChI is InChI=1S/C28H32N2O9/c1-4-9-22(32)39-25-16(2)38-27(35)21(14-15-37-28(36)23(25)18-10-6-5-7-11-18)30-26(34)19-12-8-13-20(24(19)33)29-17(3)31/h5-8,10-13,16,21,23,25,33H,4,9,14-15H2,1-3H3,(H,29,31)(H,30,34)/t16-,21?,23?,25+/m1/s1. The number of anilines is 1. The van der Waals surface area contributed by atoms with Crippen LogP contribution in [0.1, 0.15) is 61.9 Å². The number of phenolic OH excluding ortho intramolecular Hbond substituents is 1. The van der Waals surface area contributed by atoms with Crippen molar-refractivity contribution in [2.75, 3.05) is 11.9 Å². The lowest BCUT2D eigenvalue weighted by atomic mass is 9.90. The number of esters is 3. The molecule has 1 fully saturated rings. The van der Waals surface area contributed by atoms with Crippen LogP contribution in [0.15, 0.2) is 48.5 Å². The molecule has 0 spiro atoms. The molecule has 2 amide bonds. The second-order valence-electron chi connectivity index (χ2n) is 9.10. The molecule has 11 heteroatoms. The summed E-state index contributed by atoms with van der Waals surface area (Å²) in [7, 11) is 0. The number of phenols is 1. The fourth-order valence-corrected chi connectivity index (χ4v) is 4.17. The van der Waals surface area contributed by atoms with E-state index in [1.165, 1.54) is 32.0 Å². The molecule has 0 bridgehead atoms. The van der Waals surface area contributed by atoms with Gasteiger partial charge in [0.15, 0.2) is 11.9 Å². The maximum atomic E-state index is 13.2. The smallest absolute Gasteiger partial charge is 0.329 e. The highest BCUT2D eigenvalue weighted by Gasteiger charge is 2.41. The number of para-hydroxylation sites is 1. The maximum Gasteiger partial charge on any atom is 0.329 e. The van der Waals surface area contributed by atoms with E-state index in [0.29, 0.717) is 12.0 Å². The van der Waals surface area contributed by atoms with Gasteiger partial charge in [-0.25, -0.2) is 4.79 Å². The normalized spacial score (nSPS) is 21.6. The van der Waals surface area contributed by atoms with Gasteiger partial charge in [-0.05, 0) is 31.0 Å². The van der Waals surface area contributed by atoms with Crippen molar-refractivity contribution in [3.63, 3.8) is 0 Å². The van der Waals surface area contributed by atoms with Crippen LogP contribution in [-0.4, -0.2) is 59.7 Å². The van der Waals surface area contributed by atoms with E-state index in [1.807, 2.05) is 0 Å². The van der Waals surface area contributed by atoms with E-state index in [9.17, 15) is 29.1 Å². The van der Waals surface area contributed by atoms with E-state index in [4.69, 9.17) is 14.2 Å². The summed E-state index contributed by atoms with van der Waals surface area (Å²) in [5, 5.41) is 15.4. The summed E-state index contributed by atoms with van der Waals surface area (Å²) < 4.78 is 16.7. The largest absolute Gasteiger partial charge is 0.505 e. The zero-order chi connectivity index (χ0) is 28.5. The van der Waals surface area contributed by atoms with Gasteiger partial charge >= 0.3 is 17.9 Å². The van der Waals surface area contributed by atoms with Crippen LogP contribution < -0.4 is 10.6 Å². The van der Waals surface area contributed by atoms with Gasteiger partial charge in [-0.15, -0.1) is 0 Å². The van der Waals surface area contributed by atoms with E-state index >= 15 is 0 Å². The first-order valence-corrected chi connectivity index (χ1v) is 12.6. The van der Waals surface area contributed by atoms with Gasteiger partial charge in [0, 0.05) is 19.8 Å². The number of aromatic hydroxyl groups is 1. The van der Waals surface area contributed by atoms with Crippen molar-refractivity contribution >= 4 is 35.4 Å². The van der Waals surface area contributed by atoms with Crippen molar-refractivity contribution in [3.8, 4) is 5.75 Å². The summed E-state index contributed by atoms with van der Waals surface area (Å²) in [6, 6.07) is 11.5. The number of amides is 2. The molecule has 3 rings (SSSR count). The highest BCUT2D eigenvalue weighted by atomic mass is 16.6. The second-order valence-corrected chi connectivity index (χ2v) is 9.10. The summed E-state index contributed by atoms with van der Waals surface area (Å²) in [6.07, 6.45) is -1.75. The molecule has 2 unspecified atom stereocenters. The Hall–Kier alpha value is -4.41. The summed E-state index contributed by atoms with van der Waals surface area (Å²) in [6.45, 7) is 4.30. The third-order valence-corrected chi connectivity index (χ3v) is 6.06. The third kappa shape index (κ3) is 7.56. The van der Waals surface area contributed by atoms with Gasteiger partial charge in [-0.1, -0.05) is 43.3 Å². The van der Waals surface area contributed by atoms with E-state index in [-0.39, 0.29) is 30.7 Å². The summed E-state index contributed by atoms with van der Waals surface area (Å²) in [4.78, 5) is 63.2. The van der Waals surface area contributed by atoms with Crippen LogP contribution in [0, 0.1) is 0 Å². The quantitative estimate of drug-likeness (QED) is 0.273. The maximum absolute atomic E-state index is 13.2. The van der Waals surface area contributed by atoms with Crippen molar-refractivity contribution in [2.24, 2.45) is 0 Å². The number of benzene rings is 2. The minimum absolute atomic E-state index is 0.0231. The Labute approximate surface area is 225 Å². The zero-order valence-electron chi connectivity index (χ0n) is 22.0. The monoisotopic (exact) mass is 540 g/mol. The fraction of sp³-hybridized carbons (Fsp3) is 0.393. The molecule has 0 saturated carbocycles. The summed E-state index contributed by atoms with van der Waals surface area (Å²) in [5.74, 6) is -4.86. The van der Waals surface area contributed by atoms with Gasteiger partial charge < -0.3 is 30.0 Å². The van der Waals surface area contributed by atoms with Gasteiger partial charge in [0.25, 0.3) is 5.91 Å². The Morgan fingerprint density at radius 3 is 2.44 bits per heavy atom. The summed E-state index contributed by atoms with van der Waals surface area (Å²) in [5.41, 5.74) is 0.362. The Kier molecular flexibility index (Phi) is 10.0. The highest BCUT2D eigenvalue weighted by molar-refractivity contribution is 6.02. The molecule has 2 aromatic carbocycles. The first-order valence-electron chi connectivity index (χ1n) is 12.6. The van der Waals surface area contributed by atoms with Crippen LogP contribution in [0.4, 0.5) is 5.69 Å². The third-order valence-electron chi connectivity index (χ3n) is 6.06. The molecule has 4 atom stereocenters. The van der Waals surface area contributed by atoms with Crippen molar-refractivity contribution in [3.05, 3.63) is 59.7 Å². The molecular formula is C28H32N2O9. The van der Waals surface area contributed by atoms with E-state index in [2.05, 4.69) is 10.6 Å². The highest BCUT2D eigenvalue weighted by Crippen LogP contribution is 2.30. The number of carbonyl (C=O) groups excluding carboxylic acids is 5. The number of carbonyl (C=O) groups is 5. The van der Waals surface area contributed by atoms with E-state index in [1.54, 1.807) is 37.3 Å². The van der Waals surface area contributed by atoms with Crippen LogP contribution in [0.5, 0.6) is 5.75 Å². The predicted octanol–water partition coefficient (Wildman–Crippen LogP) is 2.82. The average Bonchev–Trinajstić information content (AvgIpc) is 2.88. The Morgan fingerprint density at radius 1 is 1.05 bits per heavy atom. The van der Waals surface area contributed by atoms with E-state index in [0.717, 1.165) is 0 Å². The zero-order valence-corrected chi connectivity index (χ0v) is 22.0. The number of hydrogen-bond donors (Lipinski definition) is 3. The first kappa shape index (κ1) is 29.2. The van der Waals surface area contributed by atoms with Gasteiger partial charge in [-0.2, -0.15) is 0 Å². The van der Waals surface area contributed by atoms with E-state index < -0.39 is 59.6 Å². The van der Waals surface area contributed by atoms with Crippen LogP contribution in [0.2, 0.25) is 0 Å². The molecule has 39 heavy (non-hydrogen) atoms. The van der Waals surface area contributed by atoms with Crippen molar-refractivity contribution in [1.29, 1.82) is 0 Å². The van der Waals surface area contributed by atoms with Crippen molar-refractivity contribution in [2.45, 2.75) is 64.2 Å². The average molecular weight is 541 g/mol. The minimum atomic E-state index is -1.25. The number of cyclic esters (lactones) is 2. The van der Waals surface area contributed by atoms with Gasteiger partial charge in [-0.3, -0.25) is 19.2 Å². The van der Waals surface area contributed by atoms with Gasteiger partial charge in [0.1, 0.15) is 18.1 Å². The second kappa shape index (κ2) is 13.4. The van der Waals surface area contributed by atoms with Gasteiger partial charge in [0.05, 0.1) is 17.9 Å². The Morgan fingerprint density at radius 2 is 1.77 bits per heavy atom. The molecule has 0 aliphatic carbocycles. The molecule has 208 valence electrons. The summed E-state index contributed by atoms with van der Waals surface area (Å²) >= 11 is 0. The van der Waals surface area contributed by atoms with Gasteiger partial charge in [0.2, 0.25) is 5.91 Å². The molecule has 1 aliphatic heterocycles. The van der Waals surface area contributed by atoms with Crippen molar-refractivity contribution in [1.82, 2.24) is 5.32 Å². The SMILES string of the molecule is CCCC(=O)O[C@@H]1C(c2ccccc2)C(=O)OCCC(NC(=O)c2cccc(NC(C)=O)c2O)C(=O)O[C@@H]1C. The Bertz CT molecular complexity index is 1210. The van der Waals surface area contributed by atoms with Crippen LogP contribution >= 0.6 is 0 Å². The van der Waals surface area contributed by atoms with Crippen LogP contribution in [-0.2, 0) is 33.4 Å². The lowest BCUT2D eigenvalue weighted by Crippen LogP contribution is -2.48. The number of nitrogens with one attached hydrogen (secondary N) is 2. The molecule has 0 aromatic heterocycles. The molecular weight excluding hydrogens is 508 g/mol. The molecule has 0 radical (unpaired) electrons. The number of ether oxygens (including phenoxy) is 3. The number of hydrogen-bond acceptors (Lipinski definition) is 9. The molecule has 1 saturated heterocycles. The van der Waals surface area contributed by atoms with Crippen LogP contribution in [0.25, 0.3) is 0 Å². The topological polar surface area (TPSA) is 157 Å². The number of rotatable bonds is 7. The molecule has 11 nitrogen and oxygen atoms in total. The lowest BCUT2D eigenvalue weighted by Gasteiger charge is -2.32. The Balaban J connectivity index is 1.86. The fourth-order valence-electron chi connectivity index (χ4n) is 4.17. The molecule has 1 aliphatic rings. The molecule has 3 N–H and O–H groups in total.